The molecule has 30 heavy (non-hydrogen) atoms. The molecular weight excluding hydrogens is 384 g/mol. The van der Waals surface area contributed by atoms with E-state index in [1.807, 2.05) is 6.08 Å². The van der Waals surface area contributed by atoms with Gasteiger partial charge in [0.25, 0.3) is 0 Å². The van der Waals surface area contributed by atoms with Crippen molar-refractivity contribution in [2.45, 2.75) is 82.8 Å². The van der Waals surface area contributed by atoms with Gasteiger partial charge in [0.15, 0.2) is 0 Å². The number of aliphatic hydroxyl groups excluding tert-OH is 1. The highest BCUT2D eigenvalue weighted by Gasteiger charge is 2.35. The smallest absolute Gasteiger partial charge is 0.306 e. The van der Waals surface area contributed by atoms with Crippen molar-refractivity contribution >= 4 is 17.8 Å². The van der Waals surface area contributed by atoms with E-state index in [4.69, 9.17) is 4.74 Å². The third-order valence-corrected chi connectivity index (χ3v) is 5.46. The lowest BCUT2D eigenvalue weighted by atomic mass is 9.95. The molecule has 1 rings (SSSR count). The third-order valence-electron chi connectivity index (χ3n) is 5.46. The Bertz CT molecular complexity index is 584. The summed E-state index contributed by atoms with van der Waals surface area (Å²) >= 11 is 0. The first kappa shape index (κ1) is 25.9. The van der Waals surface area contributed by atoms with Crippen LogP contribution in [-0.4, -0.2) is 47.7 Å². The summed E-state index contributed by atoms with van der Waals surface area (Å²) in [6.45, 7) is 9.14. The predicted octanol–water partition coefficient (Wildman–Crippen LogP) is 2.78. The van der Waals surface area contributed by atoms with Gasteiger partial charge in [0.05, 0.1) is 24.6 Å². The third kappa shape index (κ3) is 9.57. The van der Waals surface area contributed by atoms with Gasteiger partial charge in [0.2, 0.25) is 11.8 Å². The Labute approximate surface area is 180 Å². The van der Waals surface area contributed by atoms with Gasteiger partial charge in [-0.3, -0.25) is 14.4 Å². The molecule has 0 heterocycles. The second-order valence-corrected chi connectivity index (χ2v) is 8.20. The van der Waals surface area contributed by atoms with Gasteiger partial charge in [-0.25, -0.2) is 0 Å². The lowest BCUT2D eigenvalue weighted by molar-refractivity contribution is -0.148. The predicted molar refractivity (Wildman–Crippen MR) is 117 cm³/mol. The van der Waals surface area contributed by atoms with E-state index in [0.29, 0.717) is 12.8 Å². The first-order valence-corrected chi connectivity index (χ1v) is 11.0. The van der Waals surface area contributed by atoms with Gasteiger partial charge in [-0.1, -0.05) is 25.0 Å². The molecule has 0 aromatic rings. The summed E-state index contributed by atoms with van der Waals surface area (Å²) in [7, 11) is 0. The maximum absolute atomic E-state index is 12.6. The molecule has 0 saturated heterocycles. The maximum Gasteiger partial charge on any atom is 0.306 e. The van der Waals surface area contributed by atoms with Crippen LogP contribution in [0, 0.1) is 5.92 Å². The minimum Gasteiger partial charge on any atom is -0.461 e. The number of amides is 2. The fourth-order valence-electron chi connectivity index (χ4n) is 3.70. The van der Waals surface area contributed by atoms with Crippen LogP contribution in [0.15, 0.2) is 25.3 Å². The molecule has 1 saturated carbocycles. The van der Waals surface area contributed by atoms with Crippen molar-refractivity contribution < 1.29 is 24.2 Å². The highest BCUT2D eigenvalue weighted by molar-refractivity contribution is 5.86. The van der Waals surface area contributed by atoms with E-state index in [0.717, 1.165) is 44.9 Å². The zero-order chi connectivity index (χ0) is 22.4. The number of ether oxygens (including phenoxy) is 1. The SMILES string of the molecule is C=CCCCCC(=O)O[C@@H](C)CNC(=O)[C@@H](CC=C)CC(=O)NC1(CO)CCCC1. The summed E-state index contributed by atoms with van der Waals surface area (Å²) in [5.74, 6) is -1.36. The summed E-state index contributed by atoms with van der Waals surface area (Å²) in [5, 5.41) is 15.3. The number of unbranched alkanes of at least 4 members (excludes halogenated alkanes) is 2. The zero-order valence-electron chi connectivity index (χ0n) is 18.3. The average molecular weight is 423 g/mol. The topological polar surface area (TPSA) is 105 Å². The number of esters is 1. The van der Waals surface area contributed by atoms with Gasteiger partial charge in [-0.05, 0) is 45.4 Å². The summed E-state index contributed by atoms with van der Waals surface area (Å²) in [4.78, 5) is 36.8. The van der Waals surface area contributed by atoms with Crippen LogP contribution < -0.4 is 10.6 Å². The summed E-state index contributed by atoms with van der Waals surface area (Å²) in [6, 6.07) is 0. The van der Waals surface area contributed by atoms with Gasteiger partial charge >= 0.3 is 5.97 Å². The molecule has 7 heteroatoms. The Balaban J connectivity index is 2.43. The molecular formula is C23H38N2O5. The van der Waals surface area contributed by atoms with Crippen molar-refractivity contribution in [3.63, 3.8) is 0 Å². The second kappa shape index (κ2) is 14.0. The van der Waals surface area contributed by atoms with Crippen LogP contribution in [0.2, 0.25) is 0 Å². The number of rotatable bonds is 15. The molecule has 0 aromatic carbocycles. The molecule has 0 unspecified atom stereocenters. The molecule has 2 amide bonds. The fourth-order valence-corrected chi connectivity index (χ4v) is 3.70. The largest absolute Gasteiger partial charge is 0.461 e. The van der Waals surface area contributed by atoms with Crippen LogP contribution in [-0.2, 0) is 19.1 Å². The highest BCUT2D eigenvalue weighted by atomic mass is 16.5. The van der Waals surface area contributed by atoms with Gasteiger partial charge in [0.1, 0.15) is 6.10 Å². The summed E-state index contributed by atoms with van der Waals surface area (Å²) in [5.41, 5.74) is -0.555. The van der Waals surface area contributed by atoms with Crippen molar-refractivity contribution in [2.24, 2.45) is 5.92 Å². The van der Waals surface area contributed by atoms with E-state index in [-0.39, 0.29) is 37.4 Å². The zero-order valence-corrected chi connectivity index (χ0v) is 18.3. The summed E-state index contributed by atoms with van der Waals surface area (Å²) in [6.07, 6.45) is 9.69. The highest BCUT2D eigenvalue weighted by Crippen LogP contribution is 2.29. The maximum atomic E-state index is 12.6. The Morgan fingerprint density at radius 2 is 1.87 bits per heavy atom. The number of aliphatic hydroxyl groups is 1. The molecule has 0 bridgehead atoms. The number of hydrogen-bond donors (Lipinski definition) is 3. The van der Waals surface area contributed by atoms with Gasteiger partial charge < -0.3 is 20.5 Å². The standard InChI is InChI=1S/C23H38N2O5/c1-4-6-7-8-12-21(28)30-18(3)16-24-22(29)19(11-5-2)15-20(27)25-23(17-26)13-9-10-14-23/h4-5,18-19,26H,1-2,6-17H2,3H3,(H,24,29)(H,25,27)/t18-,19-/m0/s1. The molecule has 1 aliphatic carbocycles. The van der Waals surface area contributed by atoms with Crippen LogP contribution in [0.5, 0.6) is 0 Å². The van der Waals surface area contributed by atoms with E-state index < -0.39 is 17.6 Å². The normalized spacial score (nSPS) is 16.9. The van der Waals surface area contributed by atoms with Crippen LogP contribution in [0.3, 0.4) is 0 Å². The van der Waals surface area contributed by atoms with Crippen LogP contribution in [0.1, 0.15) is 71.1 Å². The van der Waals surface area contributed by atoms with Gasteiger partial charge in [-0.15, -0.1) is 13.2 Å². The molecule has 2 atom stereocenters. The van der Waals surface area contributed by atoms with E-state index >= 15 is 0 Å². The number of hydrogen-bond acceptors (Lipinski definition) is 5. The molecule has 0 radical (unpaired) electrons. The first-order chi connectivity index (χ1) is 14.4. The molecule has 170 valence electrons. The van der Waals surface area contributed by atoms with E-state index in [1.165, 1.54) is 0 Å². The Hall–Kier alpha value is -2.15. The fraction of sp³-hybridized carbons (Fsp3) is 0.696. The second-order valence-electron chi connectivity index (χ2n) is 8.20. The number of allylic oxidation sites excluding steroid dienone is 2. The van der Waals surface area contributed by atoms with E-state index in [9.17, 15) is 19.5 Å². The Morgan fingerprint density at radius 1 is 1.17 bits per heavy atom. The first-order valence-electron chi connectivity index (χ1n) is 11.0. The van der Waals surface area contributed by atoms with Gasteiger partial charge in [-0.2, -0.15) is 0 Å². The molecule has 0 spiro atoms. The van der Waals surface area contributed by atoms with E-state index in [1.54, 1.807) is 13.0 Å². The summed E-state index contributed by atoms with van der Waals surface area (Å²) < 4.78 is 5.31. The molecule has 0 aliphatic heterocycles. The molecule has 3 N–H and O–H groups in total. The van der Waals surface area contributed by atoms with E-state index in [2.05, 4.69) is 23.8 Å². The number of nitrogens with one attached hydrogen (secondary N) is 2. The van der Waals surface area contributed by atoms with Gasteiger partial charge in [0, 0.05) is 12.8 Å². The Kier molecular flexibility index (Phi) is 12.0. The Morgan fingerprint density at radius 3 is 2.47 bits per heavy atom. The minimum atomic E-state index is -0.555. The van der Waals surface area contributed by atoms with Crippen LogP contribution >= 0.6 is 0 Å². The molecule has 1 fully saturated rings. The quantitative estimate of drug-likeness (QED) is 0.214. The average Bonchev–Trinajstić information content (AvgIpc) is 3.18. The van der Waals surface area contributed by atoms with Crippen molar-refractivity contribution in [2.75, 3.05) is 13.2 Å². The van der Waals surface area contributed by atoms with Crippen molar-refractivity contribution in [3.05, 3.63) is 25.3 Å². The lowest BCUT2D eigenvalue weighted by Crippen LogP contribution is -2.50. The molecule has 0 aromatic heterocycles. The lowest BCUT2D eigenvalue weighted by Gasteiger charge is -2.28. The van der Waals surface area contributed by atoms with Crippen molar-refractivity contribution in [1.82, 2.24) is 10.6 Å². The van der Waals surface area contributed by atoms with Crippen LogP contribution in [0.4, 0.5) is 0 Å². The monoisotopic (exact) mass is 422 g/mol. The number of carbonyl (C=O) groups excluding carboxylic acids is 3. The van der Waals surface area contributed by atoms with Crippen molar-refractivity contribution in [3.8, 4) is 0 Å². The minimum absolute atomic E-state index is 0.0249. The number of carbonyl (C=O) groups is 3. The van der Waals surface area contributed by atoms with Crippen LogP contribution in [0.25, 0.3) is 0 Å². The molecule has 1 aliphatic rings. The van der Waals surface area contributed by atoms with Crippen molar-refractivity contribution in [1.29, 1.82) is 0 Å². The molecule has 7 nitrogen and oxygen atoms in total.